The van der Waals surface area contributed by atoms with E-state index < -0.39 is 39.7 Å². The molecule has 4 rings (SSSR count). The van der Waals surface area contributed by atoms with Crippen LogP contribution in [0.3, 0.4) is 0 Å². The number of guanidine groups is 1. The molecule has 0 bridgehead atoms. The molecular formula is C23H18F5N3O3S. The molecule has 0 amide bonds. The van der Waals surface area contributed by atoms with Gasteiger partial charge in [-0.25, -0.2) is 26.9 Å². The summed E-state index contributed by atoms with van der Waals surface area (Å²) in [5.74, 6) is -2.83. The maximum absolute atomic E-state index is 15.0. The van der Waals surface area contributed by atoms with Crippen molar-refractivity contribution in [2.24, 2.45) is 4.99 Å². The van der Waals surface area contributed by atoms with Crippen molar-refractivity contribution in [2.75, 3.05) is 5.32 Å². The Morgan fingerprint density at radius 2 is 1.77 bits per heavy atom. The lowest BCUT2D eigenvalue weighted by Gasteiger charge is -2.26. The number of nitrogens with one attached hydrogen (secondary N) is 2. The number of benzene rings is 3. The molecule has 0 aliphatic carbocycles. The molecule has 0 spiro atoms. The fourth-order valence-electron chi connectivity index (χ4n) is 3.70. The number of hydrogen-bond acceptors (Lipinski definition) is 4. The van der Waals surface area contributed by atoms with E-state index >= 15 is 4.39 Å². The molecule has 35 heavy (non-hydrogen) atoms. The van der Waals surface area contributed by atoms with Gasteiger partial charge < -0.3 is 10.1 Å². The predicted octanol–water partition coefficient (Wildman–Crippen LogP) is 5.28. The summed E-state index contributed by atoms with van der Waals surface area (Å²) < 4.78 is 98.2. The maximum Gasteiger partial charge on any atom is 0.573 e. The fourth-order valence-corrected chi connectivity index (χ4v) is 4.86. The van der Waals surface area contributed by atoms with E-state index in [1.165, 1.54) is 37.3 Å². The first kappa shape index (κ1) is 24.5. The lowest BCUT2D eigenvalue weighted by Crippen LogP contribution is -2.41. The zero-order valence-corrected chi connectivity index (χ0v) is 18.8. The number of rotatable bonds is 5. The van der Waals surface area contributed by atoms with E-state index in [4.69, 9.17) is 0 Å². The zero-order chi connectivity index (χ0) is 25.4. The molecule has 0 aromatic heterocycles. The molecule has 0 saturated carbocycles. The van der Waals surface area contributed by atoms with Gasteiger partial charge in [0.2, 0.25) is 5.96 Å². The van der Waals surface area contributed by atoms with E-state index in [2.05, 4.69) is 19.8 Å². The van der Waals surface area contributed by atoms with Crippen LogP contribution in [0.2, 0.25) is 0 Å². The molecule has 3 aromatic rings. The summed E-state index contributed by atoms with van der Waals surface area (Å²) in [6.45, 7) is 1.44. The zero-order valence-electron chi connectivity index (χ0n) is 18.0. The maximum atomic E-state index is 15.0. The smallest absolute Gasteiger partial charge is 0.406 e. The number of ether oxygens (including phenoxy) is 1. The van der Waals surface area contributed by atoms with Crippen LogP contribution in [0.4, 0.5) is 27.6 Å². The Kier molecular flexibility index (Phi) is 6.41. The summed E-state index contributed by atoms with van der Waals surface area (Å²) in [6, 6.07) is 12.6. The quantitative estimate of drug-likeness (QED) is 0.457. The molecule has 6 nitrogen and oxygen atoms in total. The standard InChI is InChI=1S/C23H18F5N3O3S/c1-13(15-5-3-7-17(11-15)34-23(26,27)28)20-18(25)8-9-19-21(20)30-22(31-35(19,32)33)29-12-14-4-2-6-16(24)10-14/h2-11,13H,12H2,1H3,(H2,29,30,31). The van der Waals surface area contributed by atoms with Gasteiger partial charge in [-0.3, -0.25) is 0 Å². The van der Waals surface area contributed by atoms with Crippen molar-refractivity contribution in [1.82, 2.24) is 4.72 Å². The van der Waals surface area contributed by atoms with Crippen molar-refractivity contribution in [3.05, 3.63) is 89.0 Å². The van der Waals surface area contributed by atoms with Crippen LogP contribution in [0.1, 0.15) is 29.5 Å². The second-order valence-electron chi connectivity index (χ2n) is 7.70. The average molecular weight is 511 g/mol. The number of halogens is 5. The van der Waals surface area contributed by atoms with Gasteiger partial charge in [-0.1, -0.05) is 31.2 Å². The van der Waals surface area contributed by atoms with Crippen molar-refractivity contribution < 1.29 is 35.1 Å². The Hall–Kier alpha value is -3.67. The second-order valence-corrected chi connectivity index (χ2v) is 9.35. The van der Waals surface area contributed by atoms with Gasteiger partial charge in [0.25, 0.3) is 10.0 Å². The third-order valence-corrected chi connectivity index (χ3v) is 6.63. The van der Waals surface area contributed by atoms with Gasteiger partial charge in [-0.15, -0.1) is 13.2 Å². The molecule has 1 heterocycles. The molecule has 1 aliphatic rings. The Morgan fingerprint density at radius 3 is 2.49 bits per heavy atom. The SMILES string of the molecule is CC(c1cccc(OC(F)(F)F)c1)c1c(F)ccc2c1NC(=NCc1cccc(F)c1)NS2(=O)=O. The first-order chi connectivity index (χ1) is 16.4. The molecule has 1 aliphatic heterocycles. The summed E-state index contributed by atoms with van der Waals surface area (Å²) in [6.07, 6.45) is -4.91. The van der Waals surface area contributed by atoms with Crippen molar-refractivity contribution >= 4 is 21.7 Å². The van der Waals surface area contributed by atoms with Gasteiger partial charge in [0.15, 0.2) is 0 Å². The largest absolute Gasteiger partial charge is 0.573 e. The predicted molar refractivity (Wildman–Crippen MR) is 119 cm³/mol. The van der Waals surface area contributed by atoms with Gasteiger partial charge in [0, 0.05) is 11.5 Å². The molecule has 0 radical (unpaired) electrons. The number of alkyl halides is 3. The van der Waals surface area contributed by atoms with Crippen LogP contribution < -0.4 is 14.8 Å². The van der Waals surface area contributed by atoms with Gasteiger partial charge >= 0.3 is 6.36 Å². The van der Waals surface area contributed by atoms with Crippen LogP contribution in [0.5, 0.6) is 5.75 Å². The molecule has 184 valence electrons. The molecule has 2 N–H and O–H groups in total. The van der Waals surface area contributed by atoms with E-state index in [0.717, 1.165) is 24.3 Å². The topological polar surface area (TPSA) is 79.8 Å². The van der Waals surface area contributed by atoms with Crippen LogP contribution in [-0.4, -0.2) is 20.7 Å². The highest BCUT2D eigenvalue weighted by molar-refractivity contribution is 7.90. The van der Waals surface area contributed by atoms with Gasteiger partial charge in [-0.05, 0) is 47.5 Å². The van der Waals surface area contributed by atoms with E-state index in [1.54, 1.807) is 6.07 Å². The Balaban J connectivity index is 1.73. The van der Waals surface area contributed by atoms with E-state index in [-0.39, 0.29) is 34.2 Å². The van der Waals surface area contributed by atoms with Crippen LogP contribution in [0.15, 0.2) is 70.6 Å². The minimum atomic E-state index is -4.91. The summed E-state index contributed by atoms with van der Waals surface area (Å²) >= 11 is 0. The highest BCUT2D eigenvalue weighted by Gasteiger charge is 2.33. The van der Waals surface area contributed by atoms with Crippen molar-refractivity contribution in [2.45, 2.75) is 30.6 Å². The Labute approximate surface area is 197 Å². The normalized spacial score (nSPS) is 16.7. The summed E-state index contributed by atoms with van der Waals surface area (Å²) in [5, 5.41) is 2.77. The van der Waals surface area contributed by atoms with Crippen molar-refractivity contribution in [3.8, 4) is 5.75 Å². The van der Waals surface area contributed by atoms with E-state index in [9.17, 15) is 26.0 Å². The highest BCUT2D eigenvalue weighted by atomic mass is 32.2. The lowest BCUT2D eigenvalue weighted by molar-refractivity contribution is -0.274. The van der Waals surface area contributed by atoms with E-state index in [1.807, 2.05) is 0 Å². The summed E-state index contributed by atoms with van der Waals surface area (Å²) in [7, 11) is -4.15. The van der Waals surface area contributed by atoms with Crippen molar-refractivity contribution in [1.29, 1.82) is 0 Å². The van der Waals surface area contributed by atoms with Crippen LogP contribution in [0.25, 0.3) is 0 Å². The lowest BCUT2D eigenvalue weighted by atomic mass is 9.91. The van der Waals surface area contributed by atoms with Gasteiger partial charge in [-0.2, -0.15) is 0 Å². The Bertz CT molecular complexity index is 1410. The first-order valence-electron chi connectivity index (χ1n) is 10.2. The fraction of sp³-hybridized carbons (Fsp3) is 0.174. The van der Waals surface area contributed by atoms with Crippen LogP contribution in [0, 0.1) is 11.6 Å². The average Bonchev–Trinajstić information content (AvgIpc) is 2.76. The third kappa shape index (κ3) is 5.53. The first-order valence-corrected chi connectivity index (χ1v) is 11.7. The minimum Gasteiger partial charge on any atom is -0.406 e. The third-order valence-electron chi connectivity index (χ3n) is 5.25. The Morgan fingerprint density at radius 1 is 1.03 bits per heavy atom. The number of sulfonamides is 1. The molecule has 12 heteroatoms. The van der Waals surface area contributed by atoms with Crippen LogP contribution in [-0.2, 0) is 16.6 Å². The number of nitrogens with zero attached hydrogens (tertiary/aromatic N) is 1. The monoisotopic (exact) mass is 511 g/mol. The molecule has 1 unspecified atom stereocenters. The summed E-state index contributed by atoms with van der Waals surface area (Å²) in [4.78, 5) is 3.87. The molecule has 0 fully saturated rings. The number of aliphatic imine (C=N–C) groups is 1. The molecule has 0 saturated heterocycles. The van der Waals surface area contributed by atoms with Gasteiger partial charge in [0.05, 0.1) is 12.2 Å². The minimum absolute atomic E-state index is 0.0744. The molecule has 1 atom stereocenters. The van der Waals surface area contributed by atoms with Crippen molar-refractivity contribution in [3.63, 3.8) is 0 Å². The highest BCUT2D eigenvalue weighted by Crippen LogP contribution is 2.39. The molecular weight excluding hydrogens is 493 g/mol. The van der Waals surface area contributed by atoms with Gasteiger partial charge in [0.1, 0.15) is 22.3 Å². The molecule has 3 aromatic carbocycles. The number of anilines is 1. The second kappa shape index (κ2) is 9.17. The van der Waals surface area contributed by atoms with E-state index in [0.29, 0.717) is 5.56 Å². The summed E-state index contributed by atoms with van der Waals surface area (Å²) in [5.41, 5.74) is 0.542. The van der Waals surface area contributed by atoms with Crippen LogP contribution >= 0.6 is 0 Å². The number of hydrogen-bond donors (Lipinski definition) is 2. The number of fused-ring (bicyclic) bond motifs is 1.